The van der Waals surface area contributed by atoms with E-state index in [2.05, 4.69) is 0 Å². The molecule has 0 aromatic carbocycles. The zero-order valence-corrected chi connectivity index (χ0v) is 8.84. The van der Waals surface area contributed by atoms with Crippen molar-refractivity contribution in [3.8, 4) is 0 Å². The van der Waals surface area contributed by atoms with Gasteiger partial charge in [-0.1, -0.05) is 13.8 Å². The van der Waals surface area contributed by atoms with Crippen molar-refractivity contribution >= 4 is 11.8 Å². The third-order valence-corrected chi connectivity index (χ3v) is 3.36. The minimum Gasteiger partial charge on any atom is -0.259 e. The fourth-order valence-electron chi connectivity index (χ4n) is 1.39. The zero-order chi connectivity index (χ0) is 9.84. The topological polar surface area (TPSA) is 43.1 Å². The van der Waals surface area contributed by atoms with Crippen LogP contribution in [0.2, 0.25) is 0 Å². The van der Waals surface area contributed by atoms with Crippen LogP contribution in [-0.4, -0.2) is 16.4 Å². The summed E-state index contributed by atoms with van der Waals surface area (Å²) in [6, 6.07) is 0. The lowest BCUT2D eigenvalue weighted by Crippen LogP contribution is -2.08. The number of rotatable bonds is 3. The quantitative estimate of drug-likeness (QED) is 0.520. The summed E-state index contributed by atoms with van der Waals surface area (Å²) in [6.07, 6.45) is 2.94. The first-order valence-corrected chi connectivity index (χ1v) is 5.70. The highest BCUT2D eigenvalue weighted by molar-refractivity contribution is 7.99. The van der Waals surface area contributed by atoms with Gasteiger partial charge in [0.05, 0.1) is 4.92 Å². The maximum Gasteiger partial charge on any atom is 0.245 e. The predicted octanol–water partition coefficient (Wildman–Crippen LogP) is 2.56. The van der Waals surface area contributed by atoms with E-state index in [9.17, 15) is 10.1 Å². The molecule has 0 saturated carbocycles. The fourth-order valence-corrected chi connectivity index (χ4v) is 2.59. The Labute approximate surface area is 82.7 Å². The lowest BCUT2D eigenvalue weighted by molar-refractivity contribution is -0.433. The Balaban J connectivity index is 2.67. The second kappa shape index (κ2) is 4.65. The van der Waals surface area contributed by atoms with Gasteiger partial charge in [-0.2, -0.15) is 11.8 Å². The second-order valence-corrected chi connectivity index (χ2v) is 4.78. The van der Waals surface area contributed by atoms with Crippen LogP contribution in [0.4, 0.5) is 0 Å². The molecule has 1 atom stereocenters. The van der Waals surface area contributed by atoms with Crippen molar-refractivity contribution in [2.75, 3.05) is 11.5 Å². The molecular formula is C9H15NO2S. The van der Waals surface area contributed by atoms with Crippen LogP contribution >= 0.6 is 11.8 Å². The smallest absolute Gasteiger partial charge is 0.245 e. The molecule has 74 valence electrons. The fraction of sp³-hybridized carbons (Fsp3) is 0.778. The first kappa shape index (κ1) is 10.6. The highest BCUT2D eigenvalue weighted by atomic mass is 32.2. The van der Waals surface area contributed by atoms with Gasteiger partial charge in [0.15, 0.2) is 0 Å². The van der Waals surface area contributed by atoms with Gasteiger partial charge in [0.25, 0.3) is 0 Å². The molecule has 3 nitrogen and oxygen atoms in total. The van der Waals surface area contributed by atoms with Gasteiger partial charge < -0.3 is 0 Å². The average Bonchev–Trinajstić information content (AvgIpc) is 2.50. The molecular weight excluding hydrogens is 186 g/mol. The summed E-state index contributed by atoms with van der Waals surface area (Å²) >= 11 is 1.88. The minimum atomic E-state index is -0.242. The molecule has 1 aliphatic rings. The van der Waals surface area contributed by atoms with Gasteiger partial charge in [-0.3, -0.25) is 10.1 Å². The second-order valence-electron chi connectivity index (χ2n) is 3.63. The van der Waals surface area contributed by atoms with E-state index in [1.54, 1.807) is 0 Å². The Morgan fingerprint density at radius 1 is 1.69 bits per heavy atom. The van der Waals surface area contributed by atoms with Crippen LogP contribution in [0.15, 0.2) is 11.8 Å². The molecule has 0 spiro atoms. The first-order valence-electron chi connectivity index (χ1n) is 4.55. The largest absolute Gasteiger partial charge is 0.259 e. The molecule has 0 N–H and O–H groups in total. The summed E-state index contributed by atoms with van der Waals surface area (Å²) in [5, 5.41) is 10.7. The summed E-state index contributed by atoms with van der Waals surface area (Å²) < 4.78 is 0. The number of nitro groups is 1. The van der Waals surface area contributed by atoms with Crippen molar-refractivity contribution in [2.24, 2.45) is 11.8 Å². The van der Waals surface area contributed by atoms with E-state index < -0.39 is 0 Å². The normalized spacial score (nSPS) is 23.9. The first-order chi connectivity index (χ1) is 6.11. The van der Waals surface area contributed by atoms with Crippen molar-refractivity contribution in [3.63, 3.8) is 0 Å². The van der Waals surface area contributed by atoms with E-state index in [1.165, 1.54) is 0 Å². The molecule has 4 heteroatoms. The van der Waals surface area contributed by atoms with E-state index in [0.29, 0.717) is 11.6 Å². The Morgan fingerprint density at radius 2 is 2.38 bits per heavy atom. The van der Waals surface area contributed by atoms with Crippen molar-refractivity contribution in [3.05, 3.63) is 21.9 Å². The summed E-state index contributed by atoms with van der Waals surface area (Å²) in [4.78, 5) is 10.4. The predicted molar refractivity (Wildman–Crippen MR) is 55.3 cm³/mol. The highest BCUT2D eigenvalue weighted by Crippen LogP contribution is 2.26. The van der Waals surface area contributed by atoms with Gasteiger partial charge in [-0.05, 0) is 29.9 Å². The molecule has 0 aliphatic carbocycles. The maximum atomic E-state index is 10.7. The van der Waals surface area contributed by atoms with Crippen molar-refractivity contribution in [2.45, 2.75) is 20.3 Å². The Bertz CT molecular complexity index is 220. The zero-order valence-electron chi connectivity index (χ0n) is 8.03. The van der Waals surface area contributed by atoms with Gasteiger partial charge in [-0.25, -0.2) is 0 Å². The van der Waals surface area contributed by atoms with Gasteiger partial charge in [0.1, 0.15) is 0 Å². The van der Waals surface area contributed by atoms with E-state index in [0.717, 1.165) is 17.9 Å². The number of allylic oxidation sites excluding steroid dienone is 2. The monoisotopic (exact) mass is 201 g/mol. The van der Waals surface area contributed by atoms with Crippen molar-refractivity contribution in [1.29, 1.82) is 0 Å². The van der Waals surface area contributed by atoms with Crippen LogP contribution < -0.4 is 0 Å². The van der Waals surface area contributed by atoms with E-state index in [1.807, 2.05) is 31.7 Å². The Hall–Kier alpha value is -0.510. The van der Waals surface area contributed by atoms with Gasteiger partial charge in [-0.15, -0.1) is 0 Å². The molecule has 1 fully saturated rings. The molecule has 1 saturated heterocycles. The molecule has 1 unspecified atom stereocenters. The Kier molecular flexibility index (Phi) is 3.78. The molecule has 0 bridgehead atoms. The van der Waals surface area contributed by atoms with Crippen molar-refractivity contribution in [1.82, 2.24) is 0 Å². The summed E-state index contributed by atoms with van der Waals surface area (Å²) in [6.45, 7) is 3.74. The molecule has 1 rings (SSSR count). The number of hydrogen-bond donors (Lipinski definition) is 0. The highest BCUT2D eigenvalue weighted by Gasteiger charge is 2.21. The summed E-state index contributed by atoms with van der Waals surface area (Å²) in [5.74, 6) is 2.64. The molecule has 0 aromatic heterocycles. The molecule has 1 heterocycles. The van der Waals surface area contributed by atoms with Crippen LogP contribution in [0, 0.1) is 22.0 Å². The summed E-state index contributed by atoms with van der Waals surface area (Å²) in [7, 11) is 0. The molecule has 1 aliphatic heterocycles. The van der Waals surface area contributed by atoms with Crippen molar-refractivity contribution < 1.29 is 4.92 Å². The lowest BCUT2D eigenvalue weighted by atomic mass is 10.0. The van der Waals surface area contributed by atoms with Gasteiger partial charge in [0, 0.05) is 5.92 Å². The standard InChI is InChI=1S/C9H15NO2S/c1-7(2)9(10(11)12)5-8-3-4-13-6-8/h5,7-8H,3-4,6H2,1-2H3/b9-5+. The molecule has 0 aromatic rings. The van der Waals surface area contributed by atoms with Crippen LogP contribution in [0.5, 0.6) is 0 Å². The van der Waals surface area contributed by atoms with Gasteiger partial charge >= 0.3 is 0 Å². The third-order valence-electron chi connectivity index (χ3n) is 2.17. The number of hydrogen-bond acceptors (Lipinski definition) is 3. The SMILES string of the molecule is CC(C)/C(=C\C1CCSC1)[N+](=O)[O-]. The minimum absolute atomic E-state index is 0.0283. The molecule has 13 heavy (non-hydrogen) atoms. The van der Waals surface area contributed by atoms with Crippen LogP contribution in [-0.2, 0) is 0 Å². The number of thioether (sulfide) groups is 1. The third kappa shape index (κ3) is 3.03. The summed E-state index contributed by atoms with van der Waals surface area (Å²) in [5.41, 5.74) is 0.382. The molecule has 0 radical (unpaired) electrons. The van der Waals surface area contributed by atoms with Crippen LogP contribution in [0.25, 0.3) is 0 Å². The van der Waals surface area contributed by atoms with Crippen LogP contribution in [0.3, 0.4) is 0 Å². The lowest BCUT2D eigenvalue weighted by Gasteiger charge is -2.04. The maximum absolute atomic E-state index is 10.7. The van der Waals surface area contributed by atoms with Gasteiger partial charge in [0.2, 0.25) is 5.70 Å². The van der Waals surface area contributed by atoms with E-state index in [-0.39, 0.29) is 10.8 Å². The molecule has 0 amide bonds. The Morgan fingerprint density at radius 3 is 2.77 bits per heavy atom. The van der Waals surface area contributed by atoms with E-state index in [4.69, 9.17) is 0 Å². The average molecular weight is 201 g/mol. The van der Waals surface area contributed by atoms with E-state index >= 15 is 0 Å². The van der Waals surface area contributed by atoms with Crippen LogP contribution in [0.1, 0.15) is 20.3 Å². The number of nitrogens with zero attached hydrogens (tertiary/aromatic N) is 1.